The van der Waals surface area contributed by atoms with E-state index in [0.29, 0.717) is 12.0 Å². The van der Waals surface area contributed by atoms with E-state index in [-0.39, 0.29) is 12.6 Å². The largest absolute Gasteiger partial charge is 0.395 e. The number of nitrogens with one attached hydrogen (secondary N) is 1. The van der Waals surface area contributed by atoms with Gasteiger partial charge in [0.1, 0.15) is 0 Å². The molecule has 0 amide bonds. The van der Waals surface area contributed by atoms with Gasteiger partial charge in [0.25, 0.3) is 0 Å². The van der Waals surface area contributed by atoms with Crippen molar-refractivity contribution in [1.29, 1.82) is 0 Å². The Balaban J connectivity index is 3.66. The van der Waals surface area contributed by atoms with Crippen molar-refractivity contribution in [2.24, 2.45) is 11.8 Å². The lowest BCUT2D eigenvalue weighted by Gasteiger charge is -2.24. The second-order valence-corrected chi connectivity index (χ2v) is 6.11. The highest BCUT2D eigenvalue weighted by atomic mass is 32.2. The van der Waals surface area contributed by atoms with Crippen LogP contribution in [-0.4, -0.2) is 35.3 Å². The minimum absolute atomic E-state index is 0.233. The summed E-state index contributed by atoms with van der Waals surface area (Å²) in [6, 6.07) is 0.716. The summed E-state index contributed by atoms with van der Waals surface area (Å²) in [5, 5.41) is 12.7. The molecule has 0 aliphatic carbocycles. The van der Waals surface area contributed by atoms with Crippen molar-refractivity contribution in [2.45, 2.75) is 46.7 Å². The van der Waals surface area contributed by atoms with E-state index < -0.39 is 0 Å². The van der Waals surface area contributed by atoms with Gasteiger partial charge in [-0.3, -0.25) is 0 Å². The maximum absolute atomic E-state index is 9.19. The first kappa shape index (κ1) is 15.3. The third-order valence-corrected chi connectivity index (χ3v) is 3.96. The molecule has 0 saturated heterocycles. The van der Waals surface area contributed by atoms with Crippen LogP contribution in [0.4, 0.5) is 0 Å². The van der Waals surface area contributed by atoms with Crippen molar-refractivity contribution in [3.63, 3.8) is 0 Å². The Kier molecular flexibility index (Phi) is 8.58. The Bertz CT molecular complexity index is 151. The molecule has 0 aliphatic heterocycles. The molecule has 0 aliphatic rings. The van der Waals surface area contributed by atoms with E-state index in [1.165, 1.54) is 5.75 Å². The van der Waals surface area contributed by atoms with Crippen LogP contribution in [0, 0.1) is 11.8 Å². The third-order valence-electron chi connectivity index (χ3n) is 2.32. The van der Waals surface area contributed by atoms with Crippen molar-refractivity contribution in [3.05, 3.63) is 0 Å². The predicted molar refractivity (Wildman–Crippen MR) is 70.5 cm³/mol. The highest BCUT2D eigenvalue weighted by Gasteiger charge is 2.14. The summed E-state index contributed by atoms with van der Waals surface area (Å²) < 4.78 is 0. The molecule has 15 heavy (non-hydrogen) atoms. The van der Waals surface area contributed by atoms with E-state index in [9.17, 15) is 5.11 Å². The van der Waals surface area contributed by atoms with Gasteiger partial charge in [-0.1, -0.05) is 27.7 Å². The molecule has 92 valence electrons. The Labute approximate surface area is 99.2 Å². The number of aliphatic hydroxyl groups excluding tert-OH is 1. The molecular weight excluding hydrogens is 206 g/mol. The van der Waals surface area contributed by atoms with Crippen LogP contribution < -0.4 is 5.32 Å². The molecule has 0 rings (SSSR count). The van der Waals surface area contributed by atoms with Gasteiger partial charge in [0.15, 0.2) is 0 Å². The highest BCUT2D eigenvalue weighted by Crippen LogP contribution is 2.10. The molecule has 0 aromatic heterocycles. The van der Waals surface area contributed by atoms with Gasteiger partial charge in [0.05, 0.1) is 6.61 Å². The lowest BCUT2D eigenvalue weighted by atomic mass is 10.0. The van der Waals surface area contributed by atoms with Crippen LogP contribution in [-0.2, 0) is 0 Å². The summed E-state index contributed by atoms with van der Waals surface area (Å²) in [5.41, 5.74) is 0. The average molecular weight is 233 g/mol. The molecule has 0 fully saturated rings. The van der Waals surface area contributed by atoms with Crippen LogP contribution in [0.5, 0.6) is 0 Å². The number of rotatable bonds is 8. The monoisotopic (exact) mass is 233 g/mol. The van der Waals surface area contributed by atoms with Gasteiger partial charge in [-0.05, 0) is 24.5 Å². The first-order chi connectivity index (χ1) is 6.97. The van der Waals surface area contributed by atoms with Gasteiger partial charge < -0.3 is 10.4 Å². The van der Waals surface area contributed by atoms with Gasteiger partial charge in [0, 0.05) is 17.8 Å². The lowest BCUT2D eigenvalue weighted by Crippen LogP contribution is -2.43. The van der Waals surface area contributed by atoms with E-state index in [1.54, 1.807) is 0 Å². The third kappa shape index (κ3) is 8.12. The summed E-state index contributed by atoms with van der Waals surface area (Å²) in [6.45, 7) is 11.2. The second kappa shape index (κ2) is 8.43. The number of hydrogen-bond acceptors (Lipinski definition) is 3. The van der Waals surface area contributed by atoms with E-state index >= 15 is 0 Å². The van der Waals surface area contributed by atoms with Crippen LogP contribution in [0.25, 0.3) is 0 Å². The summed E-state index contributed by atoms with van der Waals surface area (Å²) in [6.07, 6.45) is 0. The Hall–Kier alpha value is 0.270. The molecule has 0 aromatic rings. The van der Waals surface area contributed by atoms with Crippen molar-refractivity contribution < 1.29 is 5.11 Å². The van der Waals surface area contributed by atoms with Gasteiger partial charge in [-0.15, -0.1) is 0 Å². The summed E-state index contributed by atoms with van der Waals surface area (Å²) in [5.74, 6) is 3.60. The fourth-order valence-corrected chi connectivity index (χ4v) is 2.41. The van der Waals surface area contributed by atoms with Gasteiger partial charge >= 0.3 is 0 Å². The molecule has 0 heterocycles. The van der Waals surface area contributed by atoms with Gasteiger partial charge in [-0.25, -0.2) is 0 Å². The zero-order chi connectivity index (χ0) is 11.8. The molecule has 0 bridgehead atoms. The van der Waals surface area contributed by atoms with Crippen molar-refractivity contribution in [2.75, 3.05) is 18.1 Å². The van der Waals surface area contributed by atoms with E-state index in [0.717, 1.165) is 11.7 Å². The molecule has 0 aromatic carbocycles. The molecule has 2 atom stereocenters. The topological polar surface area (TPSA) is 32.3 Å². The molecule has 2 N–H and O–H groups in total. The zero-order valence-corrected chi connectivity index (χ0v) is 11.6. The minimum atomic E-state index is 0.233. The fraction of sp³-hybridized carbons (Fsp3) is 1.00. The lowest BCUT2D eigenvalue weighted by molar-refractivity contribution is 0.204. The fourth-order valence-electron chi connectivity index (χ4n) is 1.35. The maximum Gasteiger partial charge on any atom is 0.0587 e. The van der Waals surface area contributed by atoms with E-state index in [1.807, 2.05) is 11.8 Å². The minimum Gasteiger partial charge on any atom is -0.395 e. The van der Waals surface area contributed by atoms with Crippen LogP contribution in [0.3, 0.4) is 0 Å². The van der Waals surface area contributed by atoms with Crippen LogP contribution in [0.2, 0.25) is 0 Å². The first-order valence-electron chi connectivity index (χ1n) is 5.92. The van der Waals surface area contributed by atoms with Crippen molar-refractivity contribution >= 4 is 11.8 Å². The standard InChI is InChI=1S/C12H27NOS/c1-9(2)7-15-8-11(5)13-12(6-14)10(3)4/h9-14H,6-8H2,1-5H3/t11?,12-/m1/s1. The second-order valence-electron chi connectivity index (χ2n) is 5.03. The van der Waals surface area contributed by atoms with E-state index in [2.05, 4.69) is 39.9 Å². The molecule has 0 spiro atoms. The van der Waals surface area contributed by atoms with Crippen LogP contribution in [0.1, 0.15) is 34.6 Å². The molecule has 1 unspecified atom stereocenters. The average Bonchev–Trinajstić information content (AvgIpc) is 2.13. The van der Waals surface area contributed by atoms with Gasteiger partial charge in [0.2, 0.25) is 0 Å². The van der Waals surface area contributed by atoms with Gasteiger partial charge in [-0.2, -0.15) is 11.8 Å². The van der Waals surface area contributed by atoms with Crippen LogP contribution >= 0.6 is 11.8 Å². The quantitative estimate of drug-likeness (QED) is 0.675. The molecule has 2 nitrogen and oxygen atoms in total. The molecule has 0 radical (unpaired) electrons. The zero-order valence-electron chi connectivity index (χ0n) is 10.8. The van der Waals surface area contributed by atoms with E-state index in [4.69, 9.17) is 0 Å². The normalized spacial score (nSPS) is 16.0. The number of thioether (sulfide) groups is 1. The summed E-state index contributed by atoms with van der Waals surface area (Å²) in [7, 11) is 0. The van der Waals surface area contributed by atoms with Crippen molar-refractivity contribution in [1.82, 2.24) is 5.32 Å². The Morgan fingerprint density at radius 3 is 2.07 bits per heavy atom. The molecule has 3 heteroatoms. The maximum atomic E-state index is 9.19. The summed E-state index contributed by atoms with van der Waals surface area (Å²) in [4.78, 5) is 0. The number of aliphatic hydroxyl groups is 1. The number of hydrogen-bond donors (Lipinski definition) is 2. The summed E-state index contributed by atoms with van der Waals surface area (Å²) >= 11 is 1.99. The Morgan fingerprint density at radius 2 is 1.67 bits per heavy atom. The SMILES string of the molecule is CC(C)CSCC(C)N[C@H](CO)C(C)C. The molecule has 0 saturated carbocycles. The van der Waals surface area contributed by atoms with Crippen molar-refractivity contribution in [3.8, 4) is 0 Å². The first-order valence-corrected chi connectivity index (χ1v) is 7.07. The predicted octanol–water partition coefficient (Wildman–Crippen LogP) is 2.37. The Morgan fingerprint density at radius 1 is 1.07 bits per heavy atom. The highest BCUT2D eigenvalue weighted by molar-refractivity contribution is 7.99. The van der Waals surface area contributed by atoms with Crippen LogP contribution in [0.15, 0.2) is 0 Å². The smallest absolute Gasteiger partial charge is 0.0587 e. The molecular formula is C12H27NOS.